The molecule has 1 aromatic carbocycles. The molecule has 4 aliphatic rings. The van der Waals surface area contributed by atoms with Crippen LogP contribution in [0.3, 0.4) is 0 Å². The number of carbonyl (C=O) groups is 1. The van der Waals surface area contributed by atoms with Crippen molar-refractivity contribution in [1.82, 2.24) is 10.8 Å². The Morgan fingerprint density at radius 2 is 1.92 bits per heavy atom. The van der Waals surface area contributed by atoms with Gasteiger partial charge in [-0.15, -0.1) is 0 Å². The Bertz CT molecular complexity index is 684. The predicted molar refractivity (Wildman–Crippen MR) is 99.4 cm³/mol. The molecule has 4 fully saturated rings. The fourth-order valence-electron chi connectivity index (χ4n) is 5.87. The van der Waals surface area contributed by atoms with Crippen molar-refractivity contribution in [3.63, 3.8) is 0 Å². The normalized spacial score (nSPS) is 35.2. The average molecular weight is 356 g/mol. The van der Waals surface area contributed by atoms with Crippen molar-refractivity contribution in [3.05, 3.63) is 41.5 Å². The van der Waals surface area contributed by atoms with Crippen molar-refractivity contribution >= 4 is 12.0 Å². The number of benzene rings is 1. The molecule has 0 aliphatic heterocycles. The Morgan fingerprint density at radius 3 is 2.54 bits per heavy atom. The summed E-state index contributed by atoms with van der Waals surface area (Å²) in [7, 11) is 1.89. The molecule has 1 amide bonds. The van der Waals surface area contributed by atoms with Crippen molar-refractivity contribution in [2.24, 2.45) is 11.8 Å². The zero-order valence-electron chi connectivity index (χ0n) is 15.3. The predicted octanol–water partition coefficient (Wildman–Crippen LogP) is 3.03. The van der Waals surface area contributed by atoms with Crippen LogP contribution in [0.2, 0.25) is 0 Å². The fourth-order valence-corrected chi connectivity index (χ4v) is 5.87. The van der Waals surface area contributed by atoms with Gasteiger partial charge in [0, 0.05) is 25.3 Å². The lowest BCUT2D eigenvalue weighted by atomic mass is 9.51. The summed E-state index contributed by atoms with van der Waals surface area (Å²) >= 11 is 0. The summed E-state index contributed by atoms with van der Waals surface area (Å²) < 4.78 is 6.00. The first-order chi connectivity index (χ1) is 12.5. The second-order valence-corrected chi connectivity index (χ2v) is 8.53. The molecule has 1 aromatic rings. The molecule has 4 saturated carbocycles. The average Bonchev–Trinajstić information content (AvgIpc) is 2.64. The second-order valence-electron chi connectivity index (χ2n) is 8.53. The largest absolute Gasteiger partial charge is 0.378 e. The topological polar surface area (TPSA) is 70.6 Å². The van der Waals surface area contributed by atoms with Gasteiger partial charge in [0.2, 0.25) is 0 Å². The first-order valence-electron chi connectivity index (χ1n) is 9.55. The third-order valence-electron chi connectivity index (χ3n) is 6.63. The maximum atomic E-state index is 11.0. The van der Waals surface area contributed by atoms with Gasteiger partial charge >= 0.3 is 0 Å². The molecule has 5 rings (SSSR count). The smallest absolute Gasteiger partial charge is 0.267 e. The molecule has 140 valence electrons. The maximum Gasteiger partial charge on any atom is 0.267 e. The Balaban J connectivity index is 1.40. The molecule has 0 heterocycles. The van der Waals surface area contributed by atoms with Gasteiger partial charge in [-0.05, 0) is 67.6 Å². The van der Waals surface area contributed by atoms with Crippen molar-refractivity contribution < 1.29 is 14.7 Å². The van der Waals surface area contributed by atoms with Gasteiger partial charge in [0.15, 0.2) is 0 Å². The van der Waals surface area contributed by atoms with Crippen LogP contribution in [-0.4, -0.2) is 29.4 Å². The van der Waals surface area contributed by atoms with Crippen LogP contribution >= 0.6 is 0 Å². The molecular weight excluding hydrogens is 328 g/mol. The van der Waals surface area contributed by atoms with Crippen LogP contribution in [0.15, 0.2) is 30.3 Å². The van der Waals surface area contributed by atoms with Gasteiger partial charge < -0.3 is 10.1 Å². The summed E-state index contributed by atoms with van der Waals surface area (Å²) in [6, 6.07) is 8.18. The first kappa shape index (κ1) is 17.7. The van der Waals surface area contributed by atoms with Gasteiger partial charge in [0.05, 0.1) is 5.60 Å². The maximum absolute atomic E-state index is 11.0. The number of hydroxylamine groups is 1. The summed E-state index contributed by atoms with van der Waals surface area (Å²) in [6.07, 6.45) is 10.6. The van der Waals surface area contributed by atoms with Crippen molar-refractivity contribution in [3.8, 4) is 0 Å². The van der Waals surface area contributed by atoms with Crippen molar-refractivity contribution in [1.29, 1.82) is 0 Å². The van der Waals surface area contributed by atoms with Gasteiger partial charge in [0.25, 0.3) is 5.91 Å². The monoisotopic (exact) mass is 356 g/mol. The molecule has 4 aliphatic carbocycles. The van der Waals surface area contributed by atoms with E-state index in [0.717, 1.165) is 30.4 Å². The molecule has 0 radical (unpaired) electrons. The van der Waals surface area contributed by atoms with E-state index in [1.54, 1.807) is 11.6 Å². The van der Waals surface area contributed by atoms with E-state index in [0.29, 0.717) is 0 Å². The SMILES string of the molecule is COC12CC3CC(CC(NCc4ccc(C=CC(=O)NO)cc4)(C3)C1)C2. The zero-order valence-corrected chi connectivity index (χ0v) is 15.3. The number of rotatable bonds is 6. The molecule has 4 bridgehead atoms. The van der Waals surface area contributed by atoms with Gasteiger partial charge in [-0.1, -0.05) is 24.3 Å². The molecule has 5 heteroatoms. The summed E-state index contributed by atoms with van der Waals surface area (Å²) in [4.78, 5) is 11.0. The van der Waals surface area contributed by atoms with E-state index in [4.69, 9.17) is 9.94 Å². The highest BCUT2D eigenvalue weighted by molar-refractivity contribution is 5.90. The second kappa shape index (κ2) is 6.80. The van der Waals surface area contributed by atoms with Crippen LogP contribution in [0, 0.1) is 11.8 Å². The van der Waals surface area contributed by atoms with E-state index < -0.39 is 5.91 Å². The summed E-state index contributed by atoms with van der Waals surface area (Å²) in [5.74, 6) is 1.10. The summed E-state index contributed by atoms with van der Waals surface area (Å²) in [6.45, 7) is 0.861. The fraction of sp³-hybridized carbons (Fsp3) is 0.571. The minimum atomic E-state index is -0.523. The minimum absolute atomic E-state index is 0.110. The van der Waals surface area contributed by atoms with Crippen molar-refractivity contribution in [2.45, 2.75) is 56.2 Å². The van der Waals surface area contributed by atoms with E-state index in [1.165, 1.54) is 43.7 Å². The van der Waals surface area contributed by atoms with Crippen LogP contribution in [0.1, 0.15) is 49.7 Å². The molecule has 2 unspecified atom stereocenters. The van der Waals surface area contributed by atoms with E-state index in [1.807, 2.05) is 19.2 Å². The van der Waals surface area contributed by atoms with Crippen LogP contribution < -0.4 is 10.8 Å². The Labute approximate surface area is 154 Å². The number of nitrogens with one attached hydrogen (secondary N) is 2. The molecule has 26 heavy (non-hydrogen) atoms. The van der Waals surface area contributed by atoms with Crippen molar-refractivity contribution in [2.75, 3.05) is 7.11 Å². The number of amides is 1. The molecule has 2 atom stereocenters. The number of carbonyl (C=O) groups excluding carboxylic acids is 1. The molecule has 0 spiro atoms. The third-order valence-corrected chi connectivity index (χ3v) is 6.63. The summed E-state index contributed by atoms with van der Waals surface area (Å²) in [5, 5.41) is 12.4. The zero-order chi connectivity index (χ0) is 18.2. The lowest BCUT2D eigenvalue weighted by molar-refractivity contribution is -0.161. The quantitative estimate of drug-likeness (QED) is 0.416. The van der Waals surface area contributed by atoms with Crippen LogP contribution in [0.25, 0.3) is 6.08 Å². The van der Waals surface area contributed by atoms with Gasteiger partial charge in [0.1, 0.15) is 0 Å². The highest BCUT2D eigenvalue weighted by Crippen LogP contribution is 2.58. The Kier molecular flexibility index (Phi) is 4.63. The first-order valence-corrected chi connectivity index (χ1v) is 9.55. The Morgan fingerprint density at radius 1 is 1.23 bits per heavy atom. The van der Waals surface area contributed by atoms with Gasteiger partial charge in [-0.3, -0.25) is 10.0 Å². The molecular formula is C21H28N2O3. The van der Waals surface area contributed by atoms with Gasteiger partial charge in [-0.2, -0.15) is 0 Å². The van der Waals surface area contributed by atoms with Gasteiger partial charge in [-0.25, -0.2) is 5.48 Å². The number of hydrogen-bond acceptors (Lipinski definition) is 4. The molecule has 0 aromatic heterocycles. The lowest BCUT2D eigenvalue weighted by Crippen LogP contribution is -2.64. The number of methoxy groups -OCH3 is 1. The number of ether oxygens (including phenoxy) is 1. The van der Waals surface area contributed by atoms with Crippen LogP contribution in [-0.2, 0) is 16.1 Å². The molecule has 0 saturated heterocycles. The summed E-state index contributed by atoms with van der Waals surface area (Å²) in [5.41, 5.74) is 4.12. The highest BCUT2D eigenvalue weighted by atomic mass is 16.5. The third kappa shape index (κ3) is 3.43. The highest BCUT2D eigenvalue weighted by Gasteiger charge is 2.57. The van der Waals surface area contributed by atoms with E-state index in [2.05, 4.69) is 17.4 Å². The van der Waals surface area contributed by atoms with E-state index in [-0.39, 0.29) is 11.1 Å². The van der Waals surface area contributed by atoms with Crippen LogP contribution in [0.4, 0.5) is 0 Å². The standard InChI is InChI=1S/C21H28N2O3/c1-26-21-11-17-8-18(12-21)10-20(9-17,14-21)22-13-16-4-2-15(3-5-16)6-7-19(24)23-25/h2-7,17-18,22,25H,8-14H2,1H3,(H,23,24). The molecule has 5 nitrogen and oxygen atoms in total. The van der Waals surface area contributed by atoms with E-state index in [9.17, 15) is 4.79 Å². The minimum Gasteiger partial charge on any atom is -0.378 e. The lowest BCUT2D eigenvalue weighted by Gasteiger charge is -2.61. The number of hydrogen-bond donors (Lipinski definition) is 3. The van der Waals surface area contributed by atoms with Crippen LogP contribution in [0.5, 0.6) is 0 Å². The molecule has 3 N–H and O–H groups in total. The van der Waals surface area contributed by atoms with E-state index >= 15 is 0 Å². The Hall–Kier alpha value is -1.69.